The lowest BCUT2D eigenvalue weighted by molar-refractivity contribution is -0.0265. The minimum atomic E-state index is -2.57. The van der Waals surface area contributed by atoms with Crippen molar-refractivity contribution in [2.75, 3.05) is 18.0 Å². The van der Waals surface area contributed by atoms with E-state index < -0.39 is 5.92 Å². The highest BCUT2D eigenvalue weighted by Gasteiger charge is 2.45. The molecule has 3 heterocycles. The first-order valence-electron chi connectivity index (χ1n) is 4.57. The number of halogens is 2. The highest BCUT2D eigenvalue weighted by molar-refractivity contribution is 5.69. The van der Waals surface area contributed by atoms with Gasteiger partial charge in [0.2, 0.25) is 0 Å². The topological polar surface area (TPSA) is 33.4 Å². The van der Waals surface area contributed by atoms with Crippen LogP contribution in [0.5, 0.6) is 0 Å². The summed E-state index contributed by atoms with van der Waals surface area (Å²) in [6.07, 6.45) is 4.88. The van der Waals surface area contributed by atoms with Crippen molar-refractivity contribution < 1.29 is 8.78 Å². The molecule has 3 rings (SSSR count). The third-order valence-corrected chi connectivity index (χ3v) is 2.45. The van der Waals surface area contributed by atoms with Crippen LogP contribution in [0.3, 0.4) is 0 Å². The standard InChI is InChI=1S/C9H8F2N4/c10-9(11)5-14(6-9)8-7-1-2-13-15(7)4-3-12-8/h1-4H,5-6H2. The maximum absolute atomic E-state index is 12.7. The van der Waals surface area contributed by atoms with E-state index in [-0.39, 0.29) is 13.1 Å². The summed E-state index contributed by atoms with van der Waals surface area (Å²) in [7, 11) is 0. The molecule has 4 nitrogen and oxygen atoms in total. The van der Waals surface area contributed by atoms with E-state index in [0.717, 1.165) is 5.52 Å². The maximum atomic E-state index is 12.7. The van der Waals surface area contributed by atoms with E-state index in [2.05, 4.69) is 10.1 Å². The Balaban J connectivity index is 2.02. The molecule has 1 saturated heterocycles. The summed E-state index contributed by atoms with van der Waals surface area (Å²) in [6.45, 7) is -0.518. The van der Waals surface area contributed by atoms with Crippen molar-refractivity contribution in [1.29, 1.82) is 0 Å². The van der Waals surface area contributed by atoms with Crippen LogP contribution in [-0.2, 0) is 0 Å². The van der Waals surface area contributed by atoms with Gasteiger partial charge in [-0.3, -0.25) is 0 Å². The number of alkyl halides is 2. The first-order chi connectivity index (χ1) is 7.16. The fourth-order valence-corrected chi connectivity index (χ4v) is 1.75. The molecule has 1 aliphatic heterocycles. The molecule has 0 bridgehead atoms. The predicted octanol–water partition coefficient (Wildman–Crippen LogP) is 1.18. The van der Waals surface area contributed by atoms with E-state index in [1.807, 2.05) is 0 Å². The average molecular weight is 210 g/mol. The minimum Gasteiger partial charge on any atom is -0.343 e. The smallest absolute Gasteiger partial charge is 0.282 e. The number of anilines is 1. The van der Waals surface area contributed by atoms with Crippen LogP contribution in [0.1, 0.15) is 0 Å². The zero-order chi connectivity index (χ0) is 10.5. The molecular weight excluding hydrogens is 202 g/mol. The Kier molecular flexibility index (Phi) is 1.52. The molecule has 1 aliphatic rings. The van der Waals surface area contributed by atoms with Crippen LogP contribution in [0.2, 0.25) is 0 Å². The van der Waals surface area contributed by atoms with Crippen molar-refractivity contribution in [2.24, 2.45) is 0 Å². The summed E-state index contributed by atoms with van der Waals surface area (Å²) < 4.78 is 27.0. The van der Waals surface area contributed by atoms with E-state index in [1.54, 1.807) is 34.1 Å². The van der Waals surface area contributed by atoms with Gasteiger partial charge in [0.05, 0.1) is 19.3 Å². The van der Waals surface area contributed by atoms with Crippen LogP contribution >= 0.6 is 0 Å². The summed E-state index contributed by atoms with van der Waals surface area (Å²) in [5, 5.41) is 4.02. The SMILES string of the molecule is FC1(F)CN(c2nccn3nccc23)C1. The van der Waals surface area contributed by atoms with Crippen LogP contribution in [0.15, 0.2) is 24.7 Å². The van der Waals surface area contributed by atoms with E-state index in [9.17, 15) is 8.78 Å². The molecule has 0 spiro atoms. The molecule has 0 aliphatic carbocycles. The Morgan fingerprint density at radius 2 is 2.07 bits per heavy atom. The highest BCUT2D eigenvalue weighted by Crippen LogP contribution is 2.32. The zero-order valence-electron chi connectivity index (χ0n) is 7.77. The summed E-state index contributed by atoms with van der Waals surface area (Å²) in [5.74, 6) is -2.00. The van der Waals surface area contributed by atoms with Gasteiger partial charge in [0.25, 0.3) is 5.92 Å². The van der Waals surface area contributed by atoms with Crippen molar-refractivity contribution in [1.82, 2.24) is 14.6 Å². The van der Waals surface area contributed by atoms with Crippen molar-refractivity contribution in [3.63, 3.8) is 0 Å². The molecule has 0 radical (unpaired) electrons. The van der Waals surface area contributed by atoms with E-state index in [0.29, 0.717) is 5.82 Å². The number of nitrogens with zero attached hydrogens (tertiary/aromatic N) is 4. The van der Waals surface area contributed by atoms with Crippen LogP contribution in [0.25, 0.3) is 5.52 Å². The van der Waals surface area contributed by atoms with Crippen molar-refractivity contribution in [2.45, 2.75) is 5.92 Å². The maximum Gasteiger partial charge on any atom is 0.282 e. The quantitative estimate of drug-likeness (QED) is 0.708. The monoisotopic (exact) mass is 210 g/mol. The van der Waals surface area contributed by atoms with Crippen LogP contribution < -0.4 is 4.90 Å². The second kappa shape index (κ2) is 2.65. The Bertz CT molecular complexity index is 500. The summed E-state index contributed by atoms with van der Waals surface area (Å²) >= 11 is 0. The van der Waals surface area contributed by atoms with E-state index in [1.165, 1.54) is 0 Å². The molecular formula is C9H8F2N4. The normalized spacial score (nSPS) is 19.2. The predicted molar refractivity (Wildman–Crippen MR) is 50.1 cm³/mol. The van der Waals surface area contributed by atoms with Crippen LogP contribution in [0.4, 0.5) is 14.6 Å². The Morgan fingerprint density at radius 3 is 2.80 bits per heavy atom. The molecule has 15 heavy (non-hydrogen) atoms. The Hall–Kier alpha value is -1.72. The highest BCUT2D eigenvalue weighted by atomic mass is 19.3. The van der Waals surface area contributed by atoms with Gasteiger partial charge in [0.1, 0.15) is 5.52 Å². The number of rotatable bonds is 1. The zero-order valence-corrected chi connectivity index (χ0v) is 7.77. The molecule has 0 atom stereocenters. The molecule has 6 heteroatoms. The second-order valence-electron chi connectivity index (χ2n) is 3.62. The fraction of sp³-hybridized carbons (Fsp3) is 0.333. The summed E-state index contributed by atoms with van der Waals surface area (Å²) in [4.78, 5) is 5.65. The lowest BCUT2D eigenvalue weighted by atomic mass is 10.1. The van der Waals surface area contributed by atoms with Gasteiger partial charge >= 0.3 is 0 Å². The van der Waals surface area contributed by atoms with Gasteiger partial charge in [-0.15, -0.1) is 0 Å². The summed E-state index contributed by atoms with van der Waals surface area (Å²) in [6, 6.07) is 1.76. The molecule has 2 aromatic rings. The molecule has 0 unspecified atom stereocenters. The van der Waals surface area contributed by atoms with Gasteiger partial charge in [-0.25, -0.2) is 18.3 Å². The average Bonchev–Trinajstić information content (AvgIpc) is 2.60. The number of hydrogen-bond donors (Lipinski definition) is 0. The largest absolute Gasteiger partial charge is 0.343 e. The van der Waals surface area contributed by atoms with Gasteiger partial charge in [0, 0.05) is 12.4 Å². The lowest BCUT2D eigenvalue weighted by Crippen LogP contribution is -2.56. The molecule has 0 amide bonds. The number of fused-ring (bicyclic) bond motifs is 1. The minimum absolute atomic E-state index is 0.259. The Labute approximate surface area is 84.1 Å². The first-order valence-corrected chi connectivity index (χ1v) is 4.57. The van der Waals surface area contributed by atoms with E-state index >= 15 is 0 Å². The molecule has 0 N–H and O–H groups in total. The van der Waals surface area contributed by atoms with Crippen LogP contribution in [0, 0.1) is 0 Å². The van der Waals surface area contributed by atoms with Gasteiger partial charge in [-0.05, 0) is 6.07 Å². The Morgan fingerprint density at radius 1 is 1.27 bits per heavy atom. The summed E-state index contributed by atoms with van der Waals surface area (Å²) in [5.41, 5.74) is 0.757. The van der Waals surface area contributed by atoms with Crippen LogP contribution in [-0.4, -0.2) is 33.6 Å². The molecule has 0 saturated carbocycles. The third kappa shape index (κ3) is 1.25. The van der Waals surface area contributed by atoms with Gasteiger partial charge < -0.3 is 4.90 Å². The molecule has 78 valence electrons. The second-order valence-corrected chi connectivity index (χ2v) is 3.62. The van der Waals surface area contributed by atoms with E-state index in [4.69, 9.17) is 0 Å². The van der Waals surface area contributed by atoms with Crippen molar-refractivity contribution in [3.05, 3.63) is 24.7 Å². The lowest BCUT2D eigenvalue weighted by Gasteiger charge is -2.39. The van der Waals surface area contributed by atoms with Gasteiger partial charge in [-0.2, -0.15) is 5.10 Å². The number of hydrogen-bond acceptors (Lipinski definition) is 3. The van der Waals surface area contributed by atoms with Crippen molar-refractivity contribution in [3.8, 4) is 0 Å². The molecule has 2 aromatic heterocycles. The number of aromatic nitrogens is 3. The molecule has 0 aromatic carbocycles. The van der Waals surface area contributed by atoms with Crippen molar-refractivity contribution >= 4 is 11.3 Å². The van der Waals surface area contributed by atoms with Gasteiger partial charge in [-0.1, -0.05) is 0 Å². The molecule has 1 fully saturated rings. The third-order valence-electron chi connectivity index (χ3n) is 2.45. The van der Waals surface area contributed by atoms with Gasteiger partial charge in [0.15, 0.2) is 5.82 Å². The first kappa shape index (κ1) is 8.58. The fourth-order valence-electron chi connectivity index (χ4n) is 1.75.